The molecule has 2 aromatic carbocycles. The largest absolute Gasteiger partial charge is 0.188 e. The molecule has 0 aliphatic rings. The molecule has 0 fully saturated rings. The molecule has 0 spiro atoms. The van der Waals surface area contributed by atoms with Crippen molar-refractivity contribution >= 4 is 10.0 Å². The third-order valence-corrected chi connectivity index (χ3v) is 8.55. The highest BCUT2D eigenvalue weighted by atomic mass is 32.3. The summed E-state index contributed by atoms with van der Waals surface area (Å²) in [7, 11) is -0.937. The molecule has 2 rings (SSSR count). The Bertz CT molecular complexity index is 446. The minimum Gasteiger partial charge on any atom is -0.188 e. The molecule has 0 atom stereocenters. The molecular formula is C18H24S. The van der Waals surface area contributed by atoms with E-state index in [0.29, 0.717) is 0 Å². The van der Waals surface area contributed by atoms with Gasteiger partial charge in [-0.3, -0.25) is 0 Å². The summed E-state index contributed by atoms with van der Waals surface area (Å²) < 4.78 is 0. The molecule has 0 bridgehead atoms. The van der Waals surface area contributed by atoms with Gasteiger partial charge in [0.2, 0.25) is 0 Å². The number of hydrogen-bond acceptors (Lipinski definition) is 0. The molecule has 0 saturated carbocycles. The van der Waals surface area contributed by atoms with Gasteiger partial charge in [0.1, 0.15) is 0 Å². The van der Waals surface area contributed by atoms with Crippen molar-refractivity contribution in [3.63, 3.8) is 0 Å². The predicted octanol–water partition coefficient (Wildman–Crippen LogP) is 5.73. The van der Waals surface area contributed by atoms with Crippen LogP contribution in [0.3, 0.4) is 0 Å². The second-order valence-electron chi connectivity index (χ2n) is 5.05. The summed E-state index contributed by atoms with van der Waals surface area (Å²) in [5.41, 5.74) is 0. The first kappa shape index (κ1) is 14.2. The normalized spacial score (nSPS) is 12.6. The van der Waals surface area contributed by atoms with Gasteiger partial charge in [-0.15, -0.1) is 0 Å². The summed E-state index contributed by atoms with van der Waals surface area (Å²) in [5, 5.41) is 0.747. The van der Waals surface area contributed by atoms with Gasteiger partial charge in [0.25, 0.3) is 0 Å². The fourth-order valence-corrected chi connectivity index (χ4v) is 6.70. The van der Waals surface area contributed by atoms with Crippen LogP contribution in [0.15, 0.2) is 70.5 Å². The molecule has 1 heteroatoms. The maximum atomic E-state index is 2.48. The Balaban J connectivity index is 2.57. The third-order valence-electron chi connectivity index (χ3n) is 4.04. The maximum Gasteiger partial charge on any atom is -0.00413 e. The van der Waals surface area contributed by atoms with E-state index in [4.69, 9.17) is 0 Å². The van der Waals surface area contributed by atoms with E-state index < -0.39 is 10.0 Å². The van der Waals surface area contributed by atoms with Crippen LogP contribution >= 0.6 is 10.0 Å². The van der Waals surface area contributed by atoms with Crippen molar-refractivity contribution in [2.75, 3.05) is 6.26 Å². The van der Waals surface area contributed by atoms with Crippen molar-refractivity contribution in [3.05, 3.63) is 60.7 Å². The number of hydrogen-bond donors (Lipinski definition) is 0. The summed E-state index contributed by atoms with van der Waals surface area (Å²) >= 11 is 0. The van der Waals surface area contributed by atoms with Crippen LogP contribution in [-0.4, -0.2) is 11.5 Å². The van der Waals surface area contributed by atoms with Gasteiger partial charge in [0, 0.05) is 0 Å². The van der Waals surface area contributed by atoms with Crippen molar-refractivity contribution in [1.29, 1.82) is 0 Å². The van der Waals surface area contributed by atoms with Gasteiger partial charge in [-0.2, -0.15) is 10.0 Å². The lowest BCUT2D eigenvalue weighted by molar-refractivity contribution is 0.778. The highest BCUT2D eigenvalue weighted by molar-refractivity contribution is 8.33. The minimum atomic E-state index is -0.937. The summed E-state index contributed by atoms with van der Waals surface area (Å²) in [4.78, 5) is 3.02. The highest BCUT2D eigenvalue weighted by Crippen LogP contribution is 2.64. The Labute approximate surface area is 119 Å². The molecule has 0 unspecified atom stereocenters. The lowest BCUT2D eigenvalue weighted by Gasteiger charge is -2.44. The van der Waals surface area contributed by atoms with Crippen LogP contribution in [0.1, 0.15) is 26.7 Å². The monoisotopic (exact) mass is 272 g/mol. The molecule has 0 aliphatic carbocycles. The van der Waals surface area contributed by atoms with E-state index in [1.807, 2.05) is 0 Å². The van der Waals surface area contributed by atoms with Crippen LogP contribution in [-0.2, 0) is 0 Å². The van der Waals surface area contributed by atoms with Crippen LogP contribution in [0.2, 0.25) is 0 Å². The first-order valence-electron chi connectivity index (χ1n) is 7.10. The lowest BCUT2D eigenvalue weighted by atomic mass is 10.3. The van der Waals surface area contributed by atoms with Crippen molar-refractivity contribution < 1.29 is 0 Å². The highest BCUT2D eigenvalue weighted by Gasteiger charge is 2.30. The zero-order valence-corrected chi connectivity index (χ0v) is 13.0. The van der Waals surface area contributed by atoms with E-state index in [9.17, 15) is 0 Å². The van der Waals surface area contributed by atoms with Crippen LogP contribution in [0.5, 0.6) is 0 Å². The van der Waals surface area contributed by atoms with Gasteiger partial charge in [-0.05, 0) is 58.4 Å². The molecule has 0 aromatic heterocycles. The van der Waals surface area contributed by atoms with Crippen LogP contribution in [0, 0.1) is 0 Å². The number of benzene rings is 2. The summed E-state index contributed by atoms with van der Waals surface area (Å²) in [6.07, 6.45) is 4.97. The fraction of sp³-hybridized carbons (Fsp3) is 0.333. The van der Waals surface area contributed by atoms with E-state index in [0.717, 1.165) is 5.25 Å². The van der Waals surface area contributed by atoms with E-state index in [1.54, 1.807) is 0 Å². The summed E-state index contributed by atoms with van der Waals surface area (Å²) in [6.45, 7) is 4.65. The smallest absolute Gasteiger partial charge is 0.00413 e. The Morgan fingerprint density at radius 2 is 1.11 bits per heavy atom. The Hall–Kier alpha value is -1.21. The SMILES string of the molecule is CCC(CC)S(C)(c1ccccc1)c1ccccc1. The second-order valence-corrected chi connectivity index (χ2v) is 8.62. The predicted molar refractivity (Wildman–Crippen MR) is 87.3 cm³/mol. The summed E-state index contributed by atoms with van der Waals surface area (Å²) in [5.74, 6) is 0. The topological polar surface area (TPSA) is 0 Å². The Morgan fingerprint density at radius 1 is 0.737 bits per heavy atom. The van der Waals surface area contributed by atoms with Gasteiger partial charge in [0.05, 0.1) is 0 Å². The maximum absolute atomic E-state index is 2.48. The van der Waals surface area contributed by atoms with Crippen LogP contribution < -0.4 is 0 Å². The first-order chi connectivity index (χ1) is 9.23. The average molecular weight is 272 g/mol. The average Bonchev–Trinajstić information content (AvgIpc) is 2.50. The van der Waals surface area contributed by atoms with E-state index >= 15 is 0 Å². The van der Waals surface area contributed by atoms with Crippen molar-refractivity contribution in [3.8, 4) is 0 Å². The molecule has 0 saturated heterocycles. The molecule has 0 amide bonds. The zero-order valence-electron chi connectivity index (χ0n) is 12.2. The molecule has 0 aliphatic heterocycles. The van der Waals surface area contributed by atoms with E-state index in [-0.39, 0.29) is 0 Å². The third kappa shape index (κ3) is 2.71. The molecule has 0 heterocycles. The summed E-state index contributed by atoms with van der Waals surface area (Å²) in [6, 6.07) is 22.1. The molecule has 19 heavy (non-hydrogen) atoms. The van der Waals surface area contributed by atoms with Gasteiger partial charge >= 0.3 is 0 Å². The van der Waals surface area contributed by atoms with E-state index in [2.05, 4.69) is 80.8 Å². The fourth-order valence-electron chi connectivity index (χ4n) is 2.88. The van der Waals surface area contributed by atoms with Crippen LogP contribution in [0.4, 0.5) is 0 Å². The number of rotatable bonds is 5. The van der Waals surface area contributed by atoms with Crippen molar-refractivity contribution in [2.24, 2.45) is 0 Å². The van der Waals surface area contributed by atoms with Gasteiger partial charge in [0.15, 0.2) is 0 Å². The van der Waals surface area contributed by atoms with Gasteiger partial charge < -0.3 is 0 Å². The Morgan fingerprint density at radius 3 is 1.42 bits per heavy atom. The van der Waals surface area contributed by atoms with Gasteiger partial charge in [-0.25, -0.2) is 0 Å². The second kappa shape index (κ2) is 6.29. The van der Waals surface area contributed by atoms with Gasteiger partial charge in [-0.1, -0.05) is 50.2 Å². The molecule has 2 aromatic rings. The molecule has 0 N–H and O–H groups in total. The Kier molecular flexibility index (Phi) is 4.71. The zero-order chi connectivity index (χ0) is 13.7. The molecule has 0 nitrogen and oxygen atoms in total. The van der Waals surface area contributed by atoms with Crippen molar-refractivity contribution in [1.82, 2.24) is 0 Å². The lowest BCUT2D eigenvalue weighted by Crippen LogP contribution is -2.17. The van der Waals surface area contributed by atoms with Crippen molar-refractivity contribution in [2.45, 2.75) is 41.7 Å². The quantitative estimate of drug-likeness (QED) is 0.652. The van der Waals surface area contributed by atoms with E-state index in [1.165, 1.54) is 22.6 Å². The molecular weight excluding hydrogens is 248 g/mol. The minimum absolute atomic E-state index is 0.747. The molecule has 102 valence electrons. The molecule has 0 radical (unpaired) electrons. The first-order valence-corrected chi connectivity index (χ1v) is 9.21. The van der Waals surface area contributed by atoms with Crippen LogP contribution in [0.25, 0.3) is 0 Å². The standard InChI is InChI=1S/C18H24S/c1-4-16(5-2)19(3,17-12-8-6-9-13-17)18-14-10-7-11-15-18/h6-16H,4-5H2,1-3H3.